The molecule has 1 aliphatic heterocycles. The van der Waals surface area contributed by atoms with Crippen molar-refractivity contribution in [3.05, 3.63) is 44.0 Å². The van der Waals surface area contributed by atoms with Gasteiger partial charge in [-0.1, -0.05) is 0 Å². The third-order valence-electron chi connectivity index (χ3n) is 4.10. The van der Waals surface area contributed by atoms with Crippen LogP contribution >= 0.6 is 23.1 Å². The van der Waals surface area contributed by atoms with Gasteiger partial charge in [0, 0.05) is 31.6 Å². The number of morpholine rings is 1. The second kappa shape index (κ2) is 9.45. The van der Waals surface area contributed by atoms with E-state index in [1.807, 2.05) is 11.6 Å². The monoisotopic (exact) mass is 409 g/mol. The Bertz CT molecular complexity index is 832. The van der Waals surface area contributed by atoms with Crippen LogP contribution in [0, 0.1) is 0 Å². The van der Waals surface area contributed by atoms with Gasteiger partial charge in [0.2, 0.25) is 0 Å². The lowest BCUT2D eigenvalue weighted by Gasteiger charge is -2.25. The first-order valence-electron chi connectivity index (χ1n) is 8.63. The van der Waals surface area contributed by atoms with Crippen molar-refractivity contribution < 1.29 is 9.53 Å². The number of aromatic nitrogens is 3. The molecule has 2 aromatic heterocycles. The van der Waals surface area contributed by atoms with Gasteiger partial charge in [0.25, 0.3) is 11.5 Å². The van der Waals surface area contributed by atoms with Crippen molar-refractivity contribution in [3.63, 3.8) is 0 Å². The number of rotatable bonds is 7. The van der Waals surface area contributed by atoms with Crippen LogP contribution in [0.15, 0.2) is 16.2 Å². The lowest BCUT2D eigenvalue weighted by molar-refractivity contribution is 0.0341. The molecular weight excluding hydrogens is 386 g/mol. The van der Waals surface area contributed by atoms with Gasteiger partial charge >= 0.3 is 0 Å². The van der Waals surface area contributed by atoms with Crippen molar-refractivity contribution in [2.24, 2.45) is 0 Å². The number of thiazole rings is 1. The molecule has 3 rings (SSSR count). The predicted octanol–water partition coefficient (Wildman–Crippen LogP) is 1.19. The fourth-order valence-electron chi connectivity index (χ4n) is 2.78. The number of carbonyl (C=O) groups excluding carboxylic acids is 1. The molecule has 0 radical (unpaired) electrons. The standard InChI is InChI=1S/C17H23N5O3S2/c1-21(17(24)13-7-15(23)20-14(19-13)11-26-2)8-12-10-27-16(18-12)9-22-3-5-25-6-4-22/h7,10H,3-6,8-9,11H2,1-2H3,(H,19,20,23). The smallest absolute Gasteiger partial charge is 0.272 e. The van der Waals surface area contributed by atoms with Gasteiger partial charge in [0.15, 0.2) is 0 Å². The van der Waals surface area contributed by atoms with E-state index < -0.39 is 0 Å². The lowest BCUT2D eigenvalue weighted by Crippen LogP contribution is -2.35. The maximum atomic E-state index is 12.6. The zero-order chi connectivity index (χ0) is 19.2. The molecule has 8 nitrogen and oxygen atoms in total. The molecule has 146 valence electrons. The van der Waals surface area contributed by atoms with E-state index >= 15 is 0 Å². The number of aromatic amines is 1. The molecule has 1 fully saturated rings. The Morgan fingerprint density at radius 2 is 2.19 bits per heavy atom. The predicted molar refractivity (Wildman–Crippen MR) is 106 cm³/mol. The van der Waals surface area contributed by atoms with Crippen molar-refractivity contribution in [3.8, 4) is 0 Å². The van der Waals surface area contributed by atoms with Crippen molar-refractivity contribution in [2.45, 2.75) is 18.8 Å². The molecule has 0 aromatic carbocycles. The highest BCUT2D eigenvalue weighted by Crippen LogP contribution is 2.15. The van der Waals surface area contributed by atoms with Gasteiger partial charge in [-0.25, -0.2) is 9.97 Å². The highest BCUT2D eigenvalue weighted by atomic mass is 32.2. The Morgan fingerprint density at radius 1 is 1.41 bits per heavy atom. The summed E-state index contributed by atoms with van der Waals surface area (Å²) in [5.41, 5.74) is 0.689. The zero-order valence-corrected chi connectivity index (χ0v) is 17.1. The summed E-state index contributed by atoms with van der Waals surface area (Å²) < 4.78 is 5.36. The summed E-state index contributed by atoms with van der Waals surface area (Å²) in [7, 11) is 1.69. The molecular formula is C17H23N5O3S2. The maximum absolute atomic E-state index is 12.6. The van der Waals surface area contributed by atoms with Gasteiger partial charge in [-0.15, -0.1) is 11.3 Å². The topological polar surface area (TPSA) is 91.4 Å². The van der Waals surface area contributed by atoms with E-state index in [-0.39, 0.29) is 17.2 Å². The van der Waals surface area contributed by atoms with E-state index in [0.717, 1.165) is 43.5 Å². The number of H-pyrrole nitrogens is 1. The minimum Gasteiger partial charge on any atom is -0.379 e. The molecule has 0 spiro atoms. The number of nitrogens with zero attached hydrogens (tertiary/aromatic N) is 4. The average molecular weight is 410 g/mol. The van der Waals surface area contributed by atoms with Crippen LogP contribution in [0.3, 0.4) is 0 Å². The van der Waals surface area contributed by atoms with Crippen molar-refractivity contribution in [1.82, 2.24) is 24.8 Å². The Balaban J connectivity index is 1.62. The number of amides is 1. The van der Waals surface area contributed by atoms with Crippen molar-refractivity contribution >= 4 is 29.0 Å². The number of ether oxygens (including phenoxy) is 1. The number of hydrogen-bond donors (Lipinski definition) is 1. The summed E-state index contributed by atoms with van der Waals surface area (Å²) in [6.07, 6.45) is 1.91. The fourth-order valence-corrected chi connectivity index (χ4v) is 4.01. The molecule has 0 atom stereocenters. The van der Waals surface area contributed by atoms with Gasteiger partial charge in [0.05, 0.1) is 37.8 Å². The van der Waals surface area contributed by atoms with E-state index in [0.29, 0.717) is 18.1 Å². The first kappa shape index (κ1) is 20.0. The molecule has 2 aromatic rings. The first-order chi connectivity index (χ1) is 13.0. The highest BCUT2D eigenvalue weighted by molar-refractivity contribution is 7.97. The molecule has 1 N–H and O–H groups in total. The lowest BCUT2D eigenvalue weighted by atomic mass is 10.3. The van der Waals surface area contributed by atoms with Crippen LogP contribution in [0.2, 0.25) is 0 Å². The van der Waals surface area contributed by atoms with Gasteiger partial charge < -0.3 is 14.6 Å². The van der Waals surface area contributed by atoms with Gasteiger partial charge in [-0.05, 0) is 6.26 Å². The third-order valence-corrected chi connectivity index (χ3v) is 5.54. The van der Waals surface area contributed by atoms with E-state index in [4.69, 9.17) is 4.74 Å². The molecule has 3 heterocycles. The van der Waals surface area contributed by atoms with E-state index in [1.54, 1.807) is 18.4 Å². The quantitative estimate of drug-likeness (QED) is 0.734. The zero-order valence-electron chi connectivity index (χ0n) is 15.4. The fraction of sp³-hybridized carbons (Fsp3) is 0.529. The highest BCUT2D eigenvalue weighted by Gasteiger charge is 2.18. The number of thioether (sulfide) groups is 1. The molecule has 0 aliphatic carbocycles. The Hall–Kier alpha value is -1.75. The Kier molecular flexibility index (Phi) is 7.00. The van der Waals surface area contributed by atoms with Crippen LogP contribution in [-0.4, -0.2) is 70.3 Å². The van der Waals surface area contributed by atoms with Crippen LogP contribution in [0.25, 0.3) is 0 Å². The normalized spacial score (nSPS) is 15.0. The van der Waals surface area contributed by atoms with Crippen molar-refractivity contribution in [1.29, 1.82) is 0 Å². The largest absolute Gasteiger partial charge is 0.379 e. The Labute approximate surface area is 166 Å². The van der Waals surface area contributed by atoms with Gasteiger partial charge in [-0.3, -0.25) is 14.5 Å². The van der Waals surface area contributed by atoms with Crippen LogP contribution < -0.4 is 5.56 Å². The minimum absolute atomic E-state index is 0.161. The SMILES string of the molecule is CSCc1nc(C(=O)N(C)Cc2csc(CN3CCOCC3)n2)cc(=O)[nH]1. The molecule has 10 heteroatoms. The molecule has 1 saturated heterocycles. The Morgan fingerprint density at radius 3 is 2.93 bits per heavy atom. The average Bonchev–Trinajstić information content (AvgIpc) is 3.08. The van der Waals surface area contributed by atoms with Crippen molar-refractivity contribution in [2.75, 3.05) is 39.6 Å². The third kappa shape index (κ3) is 5.61. The van der Waals surface area contributed by atoms with Gasteiger partial charge in [-0.2, -0.15) is 11.8 Å². The number of carbonyl (C=O) groups is 1. The summed E-state index contributed by atoms with van der Waals surface area (Å²) in [6.45, 7) is 4.54. The molecule has 0 bridgehead atoms. The second-order valence-electron chi connectivity index (χ2n) is 6.29. The van der Waals surface area contributed by atoms with E-state index in [2.05, 4.69) is 19.9 Å². The van der Waals surface area contributed by atoms with E-state index in [1.165, 1.54) is 22.7 Å². The molecule has 0 saturated carbocycles. The molecule has 27 heavy (non-hydrogen) atoms. The van der Waals surface area contributed by atoms with Gasteiger partial charge in [0.1, 0.15) is 16.5 Å². The molecule has 1 aliphatic rings. The molecule has 1 amide bonds. The number of hydrogen-bond acceptors (Lipinski definition) is 8. The summed E-state index contributed by atoms with van der Waals surface area (Å²) >= 11 is 3.13. The summed E-state index contributed by atoms with van der Waals surface area (Å²) in [5.74, 6) is 0.774. The maximum Gasteiger partial charge on any atom is 0.272 e. The number of nitrogens with one attached hydrogen (secondary N) is 1. The summed E-state index contributed by atoms with van der Waals surface area (Å²) in [4.78, 5) is 39.8. The van der Waals surface area contributed by atoms with Crippen LogP contribution in [0.5, 0.6) is 0 Å². The van der Waals surface area contributed by atoms with Crippen LogP contribution in [0.1, 0.15) is 27.0 Å². The van der Waals surface area contributed by atoms with Crippen LogP contribution in [0.4, 0.5) is 0 Å². The van der Waals surface area contributed by atoms with E-state index in [9.17, 15) is 9.59 Å². The summed E-state index contributed by atoms with van der Waals surface area (Å²) in [5, 5.41) is 3.01. The summed E-state index contributed by atoms with van der Waals surface area (Å²) in [6, 6.07) is 1.24. The molecule has 0 unspecified atom stereocenters. The first-order valence-corrected chi connectivity index (χ1v) is 10.9. The van der Waals surface area contributed by atoms with Crippen LogP contribution in [-0.2, 0) is 23.6 Å². The second-order valence-corrected chi connectivity index (χ2v) is 8.10. The minimum atomic E-state index is -0.313.